The molecule has 0 radical (unpaired) electrons. The van der Waals surface area contributed by atoms with Crippen molar-refractivity contribution >= 4 is 32.6 Å². The number of benzene rings is 8. The van der Waals surface area contributed by atoms with Crippen molar-refractivity contribution in [1.82, 2.24) is 4.57 Å². The van der Waals surface area contributed by atoms with E-state index in [4.69, 9.17) is 0 Å². The fraction of sp³-hybridized carbons (Fsp3) is 0.0612. The molecule has 9 aromatic rings. The normalized spacial score (nSPS) is 13.8. The van der Waals surface area contributed by atoms with Crippen molar-refractivity contribution in [2.24, 2.45) is 0 Å². The molecule has 0 N–H and O–H groups in total. The Morgan fingerprint density at radius 3 is 1.82 bits per heavy atom. The highest BCUT2D eigenvalue weighted by Crippen LogP contribution is 2.49. The monoisotopic (exact) mass is 637 g/mol. The molecule has 236 valence electrons. The second-order valence-electron chi connectivity index (χ2n) is 13.7. The third kappa shape index (κ3) is 4.70. The highest BCUT2D eigenvalue weighted by Gasteiger charge is 2.30. The summed E-state index contributed by atoms with van der Waals surface area (Å²) in [4.78, 5) is 0. The summed E-state index contributed by atoms with van der Waals surface area (Å²) in [7, 11) is 0. The Morgan fingerprint density at radius 2 is 1.10 bits per heavy atom. The van der Waals surface area contributed by atoms with Crippen LogP contribution in [-0.2, 0) is 12.8 Å². The van der Waals surface area contributed by atoms with Crippen LogP contribution in [0.3, 0.4) is 0 Å². The van der Waals surface area contributed by atoms with Crippen LogP contribution in [0, 0.1) is 0 Å². The SMILES string of the molecule is c1ccc(CC2Cc3c(ccc4c5ccccc5n(-c5cc(-c6ccccc6)cc(-c6ccccc6)c5)c34)-c3c2ccc2ccccc32)cc1. The first-order chi connectivity index (χ1) is 24.8. The highest BCUT2D eigenvalue weighted by atomic mass is 15.0. The summed E-state index contributed by atoms with van der Waals surface area (Å²) in [6.07, 6.45) is 1.98. The van der Waals surface area contributed by atoms with E-state index in [2.05, 4.69) is 187 Å². The first-order valence-corrected chi connectivity index (χ1v) is 17.7. The lowest BCUT2D eigenvalue weighted by Gasteiger charge is -2.30. The molecular formula is C49H35N. The summed E-state index contributed by atoms with van der Waals surface area (Å²) >= 11 is 0. The molecule has 1 heterocycles. The Labute approximate surface area is 292 Å². The lowest BCUT2D eigenvalue weighted by Crippen LogP contribution is -2.15. The Hall–Kier alpha value is -6.18. The zero-order valence-electron chi connectivity index (χ0n) is 27.8. The molecule has 1 aliphatic carbocycles. The van der Waals surface area contributed by atoms with Crippen LogP contribution in [0.4, 0.5) is 0 Å². The van der Waals surface area contributed by atoms with Crippen LogP contribution in [-0.4, -0.2) is 4.57 Å². The van der Waals surface area contributed by atoms with Crippen molar-refractivity contribution in [3.63, 3.8) is 0 Å². The smallest absolute Gasteiger partial charge is 0.0579 e. The Balaban J connectivity index is 1.30. The van der Waals surface area contributed by atoms with Gasteiger partial charge in [0.1, 0.15) is 0 Å². The number of fused-ring (bicyclic) bond motifs is 9. The Kier molecular flexibility index (Phi) is 6.77. The molecule has 8 aromatic carbocycles. The number of para-hydroxylation sites is 1. The zero-order valence-corrected chi connectivity index (χ0v) is 27.8. The van der Waals surface area contributed by atoms with Gasteiger partial charge in [0.25, 0.3) is 0 Å². The van der Waals surface area contributed by atoms with Gasteiger partial charge in [0.05, 0.1) is 11.0 Å². The van der Waals surface area contributed by atoms with Gasteiger partial charge in [-0.05, 0) is 104 Å². The van der Waals surface area contributed by atoms with E-state index in [1.54, 1.807) is 0 Å². The van der Waals surface area contributed by atoms with Gasteiger partial charge in [-0.2, -0.15) is 0 Å². The summed E-state index contributed by atoms with van der Waals surface area (Å²) in [5.41, 5.74) is 15.7. The molecule has 50 heavy (non-hydrogen) atoms. The van der Waals surface area contributed by atoms with Gasteiger partial charge < -0.3 is 4.57 Å². The van der Waals surface area contributed by atoms with E-state index in [0.29, 0.717) is 5.92 Å². The van der Waals surface area contributed by atoms with Gasteiger partial charge in [-0.1, -0.05) is 158 Å². The average molecular weight is 638 g/mol. The maximum absolute atomic E-state index is 2.57. The average Bonchev–Trinajstić information content (AvgIpc) is 3.53. The summed E-state index contributed by atoms with van der Waals surface area (Å²) in [6.45, 7) is 0. The van der Waals surface area contributed by atoms with Crippen molar-refractivity contribution in [1.29, 1.82) is 0 Å². The van der Waals surface area contributed by atoms with Crippen LogP contribution in [0.5, 0.6) is 0 Å². The maximum atomic E-state index is 2.57. The van der Waals surface area contributed by atoms with E-state index < -0.39 is 0 Å². The van der Waals surface area contributed by atoms with Crippen molar-refractivity contribution in [3.05, 3.63) is 199 Å². The molecular weight excluding hydrogens is 603 g/mol. The third-order valence-corrected chi connectivity index (χ3v) is 10.8. The zero-order chi connectivity index (χ0) is 33.0. The quantitative estimate of drug-likeness (QED) is 0.177. The molecule has 0 saturated carbocycles. The maximum Gasteiger partial charge on any atom is 0.0579 e. The van der Waals surface area contributed by atoms with Gasteiger partial charge in [-0.15, -0.1) is 0 Å². The lowest BCUT2D eigenvalue weighted by molar-refractivity contribution is 0.676. The largest absolute Gasteiger partial charge is 0.309 e. The predicted octanol–water partition coefficient (Wildman–Crippen LogP) is 12.8. The van der Waals surface area contributed by atoms with Crippen molar-refractivity contribution in [2.75, 3.05) is 0 Å². The highest BCUT2D eigenvalue weighted by molar-refractivity contribution is 6.13. The summed E-state index contributed by atoms with van der Waals surface area (Å²) in [6, 6.07) is 67.2. The second kappa shape index (κ2) is 11.8. The van der Waals surface area contributed by atoms with E-state index in [0.717, 1.165) is 12.8 Å². The van der Waals surface area contributed by atoms with Crippen LogP contribution >= 0.6 is 0 Å². The minimum Gasteiger partial charge on any atom is -0.309 e. The van der Waals surface area contributed by atoms with Gasteiger partial charge in [-0.3, -0.25) is 0 Å². The molecule has 1 heteroatoms. The molecule has 10 rings (SSSR count). The van der Waals surface area contributed by atoms with Crippen molar-refractivity contribution in [3.8, 4) is 39.1 Å². The first-order valence-electron chi connectivity index (χ1n) is 17.7. The molecule has 0 fully saturated rings. The predicted molar refractivity (Wildman–Crippen MR) is 211 cm³/mol. The second-order valence-corrected chi connectivity index (χ2v) is 13.7. The molecule has 0 aliphatic heterocycles. The van der Waals surface area contributed by atoms with Crippen LogP contribution in [0.15, 0.2) is 182 Å². The molecule has 1 aromatic heterocycles. The summed E-state index contributed by atoms with van der Waals surface area (Å²) in [5, 5.41) is 5.23. The van der Waals surface area contributed by atoms with E-state index in [-0.39, 0.29) is 0 Å². The minimum atomic E-state index is 0.358. The fourth-order valence-electron chi connectivity index (χ4n) is 8.54. The molecule has 0 bridgehead atoms. The van der Waals surface area contributed by atoms with E-state index in [1.165, 1.54) is 88.3 Å². The van der Waals surface area contributed by atoms with Gasteiger partial charge in [0, 0.05) is 16.5 Å². The van der Waals surface area contributed by atoms with Crippen LogP contribution < -0.4 is 0 Å². The van der Waals surface area contributed by atoms with Crippen molar-refractivity contribution in [2.45, 2.75) is 18.8 Å². The van der Waals surface area contributed by atoms with Gasteiger partial charge >= 0.3 is 0 Å². The number of aromatic nitrogens is 1. The molecule has 1 atom stereocenters. The van der Waals surface area contributed by atoms with Gasteiger partial charge in [-0.25, -0.2) is 0 Å². The molecule has 1 unspecified atom stereocenters. The minimum absolute atomic E-state index is 0.358. The van der Waals surface area contributed by atoms with Crippen LogP contribution in [0.25, 0.3) is 71.6 Å². The Bertz CT molecular complexity index is 2630. The molecule has 1 aliphatic rings. The van der Waals surface area contributed by atoms with Crippen LogP contribution in [0.1, 0.15) is 22.6 Å². The van der Waals surface area contributed by atoms with Gasteiger partial charge in [0.15, 0.2) is 0 Å². The van der Waals surface area contributed by atoms with E-state index in [1.807, 2.05) is 0 Å². The summed E-state index contributed by atoms with van der Waals surface area (Å²) in [5.74, 6) is 0.358. The van der Waals surface area contributed by atoms with Crippen LogP contribution in [0.2, 0.25) is 0 Å². The topological polar surface area (TPSA) is 4.93 Å². The standard InChI is InChI=1S/C49H35N/c1-4-14-33(15-5-1)28-39-32-46-44(48-41-21-11-10-20-36(41)24-25-42(39)48)26-27-45-43-22-12-13-23-47(43)50(49(45)46)40-30-37(34-16-6-2-7-17-34)29-38(31-40)35-18-8-3-9-19-35/h1-27,29-31,39H,28,32H2. The number of nitrogens with zero attached hydrogens (tertiary/aromatic N) is 1. The number of hydrogen-bond donors (Lipinski definition) is 0. The first kappa shape index (κ1) is 28.8. The lowest BCUT2D eigenvalue weighted by atomic mass is 9.74. The van der Waals surface area contributed by atoms with E-state index in [9.17, 15) is 0 Å². The van der Waals surface area contributed by atoms with Gasteiger partial charge in [0.2, 0.25) is 0 Å². The molecule has 1 nitrogen and oxygen atoms in total. The molecule has 0 spiro atoms. The van der Waals surface area contributed by atoms with E-state index >= 15 is 0 Å². The Morgan fingerprint density at radius 1 is 0.480 bits per heavy atom. The van der Waals surface area contributed by atoms with Crippen molar-refractivity contribution < 1.29 is 0 Å². The molecule has 0 saturated heterocycles. The third-order valence-electron chi connectivity index (χ3n) is 10.8. The number of hydrogen-bond acceptors (Lipinski definition) is 0. The fourth-order valence-corrected chi connectivity index (χ4v) is 8.54. The number of rotatable bonds is 5. The molecule has 0 amide bonds. The summed E-state index contributed by atoms with van der Waals surface area (Å²) < 4.78 is 2.57.